The molecule has 4 heteroatoms. The fraction of sp³-hybridized carbons (Fsp3) is 0.0667. The van der Waals surface area contributed by atoms with Crippen LogP contribution in [0.3, 0.4) is 0 Å². The molecule has 166 valence electrons. The molecular weight excluding hydrogens is 459 g/mol. The highest BCUT2D eigenvalue weighted by molar-refractivity contribution is 6.19. The molecule has 2 aromatic heterocycles. The molecule has 0 saturated heterocycles. The van der Waals surface area contributed by atoms with Crippen LogP contribution in [0, 0.1) is 0 Å². The second-order valence-electron chi connectivity index (χ2n) is 7.98. The van der Waals surface area contributed by atoms with Gasteiger partial charge in [-0.3, -0.25) is 0 Å². The van der Waals surface area contributed by atoms with Crippen LogP contribution in [0.1, 0.15) is 11.1 Å². The quantitative estimate of drug-likeness (QED) is 0.236. The Kier molecular flexibility index (Phi) is 6.71. The molecule has 0 atom stereocenters. The standard InChI is InChI=1S/C18H12N2.C12H10Cl2/c1-3-7-15-13(5-1)9-11-17(19-15)18-12-10-14-6-2-4-8-16(14)20-18;13-7-9-5-6-10(8-14)12-4-2-1-3-11(9)12/h1-12H;1-6H,7-8H2. The Balaban J connectivity index is 0.000000152. The lowest BCUT2D eigenvalue weighted by Crippen LogP contribution is -1.89. The highest BCUT2D eigenvalue weighted by Gasteiger charge is 2.05. The second kappa shape index (κ2) is 10.2. The molecule has 0 aliphatic carbocycles. The summed E-state index contributed by atoms with van der Waals surface area (Å²) in [7, 11) is 0. The van der Waals surface area contributed by atoms with E-state index in [2.05, 4.69) is 46.4 Å². The third kappa shape index (κ3) is 4.61. The van der Waals surface area contributed by atoms with Gasteiger partial charge in [-0.1, -0.05) is 84.9 Å². The summed E-state index contributed by atoms with van der Waals surface area (Å²) in [6, 6.07) is 36.8. The van der Waals surface area contributed by atoms with Crippen molar-refractivity contribution in [3.05, 3.63) is 120 Å². The van der Waals surface area contributed by atoms with Crippen molar-refractivity contribution in [3.63, 3.8) is 0 Å². The first-order valence-corrected chi connectivity index (χ1v) is 12.2. The zero-order valence-electron chi connectivity index (χ0n) is 18.5. The van der Waals surface area contributed by atoms with Crippen LogP contribution >= 0.6 is 23.2 Å². The number of fused-ring (bicyclic) bond motifs is 3. The Hall–Kier alpha value is -3.46. The lowest BCUT2D eigenvalue weighted by molar-refractivity contribution is 1.32. The topological polar surface area (TPSA) is 25.8 Å². The molecule has 0 aliphatic heterocycles. The van der Waals surface area contributed by atoms with E-state index in [-0.39, 0.29) is 0 Å². The minimum Gasteiger partial charge on any atom is -0.246 e. The van der Waals surface area contributed by atoms with Gasteiger partial charge in [-0.2, -0.15) is 0 Å². The van der Waals surface area contributed by atoms with Crippen molar-refractivity contribution in [2.24, 2.45) is 0 Å². The molecule has 4 aromatic carbocycles. The maximum atomic E-state index is 5.87. The van der Waals surface area contributed by atoms with Crippen LogP contribution in [0.4, 0.5) is 0 Å². The van der Waals surface area contributed by atoms with E-state index in [1.54, 1.807) is 0 Å². The molecular formula is C30H22Cl2N2. The van der Waals surface area contributed by atoms with Gasteiger partial charge in [0.1, 0.15) is 0 Å². The lowest BCUT2D eigenvalue weighted by atomic mass is 10.0. The molecule has 0 N–H and O–H groups in total. The molecule has 2 heterocycles. The fourth-order valence-corrected chi connectivity index (χ4v) is 4.54. The SMILES string of the molecule is ClCc1ccc(CCl)c2ccccc12.c1ccc2nc(-c3ccc4ccccc4n3)ccc2c1. The number of nitrogens with zero attached hydrogens (tertiary/aromatic N) is 2. The van der Waals surface area contributed by atoms with E-state index < -0.39 is 0 Å². The summed E-state index contributed by atoms with van der Waals surface area (Å²) in [5.41, 5.74) is 6.15. The van der Waals surface area contributed by atoms with Crippen LogP contribution in [0.15, 0.2) is 109 Å². The number of para-hydroxylation sites is 2. The van der Waals surface area contributed by atoms with Crippen LogP contribution in [0.5, 0.6) is 0 Å². The first-order valence-electron chi connectivity index (χ1n) is 11.1. The van der Waals surface area contributed by atoms with E-state index in [9.17, 15) is 0 Å². The Bertz CT molecular complexity index is 1470. The molecule has 6 rings (SSSR count). The number of benzene rings is 4. The van der Waals surface area contributed by atoms with Crippen LogP contribution < -0.4 is 0 Å². The molecule has 6 aromatic rings. The number of hydrogen-bond donors (Lipinski definition) is 0. The first-order chi connectivity index (χ1) is 16.8. The second-order valence-corrected chi connectivity index (χ2v) is 8.51. The van der Waals surface area contributed by atoms with Crippen LogP contribution in [0.25, 0.3) is 44.0 Å². The summed E-state index contributed by atoms with van der Waals surface area (Å²) < 4.78 is 0. The van der Waals surface area contributed by atoms with E-state index in [0.29, 0.717) is 11.8 Å². The van der Waals surface area contributed by atoms with Crippen molar-refractivity contribution in [2.45, 2.75) is 11.8 Å². The number of halogens is 2. The average Bonchev–Trinajstić information content (AvgIpc) is 2.92. The summed E-state index contributed by atoms with van der Waals surface area (Å²) in [6.45, 7) is 0. The van der Waals surface area contributed by atoms with Gasteiger partial charge in [-0.25, -0.2) is 9.97 Å². The molecule has 0 unspecified atom stereocenters. The number of rotatable bonds is 3. The minimum atomic E-state index is 0.545. The molecule has 0 saturated carbocycles. The van der Waals surface area contributed by atoms with Crippen molar-refractivity contribution >= 4 is 55.8 Å². The highest BCUT2D eigenvalue weighted by Crippen LogP contribution is 2.25. The molecule has 0 fully saturated rings. The van der Waals surface area contributed by atoms with Crippen molar-refractivity contribution in [3.8, 4) is 11.4 Å². The Morgan fingerprint density at radius 2 is 0.853 bits per heavy atom. The normalized spacial score (nSPS) is 10.9. The molecule has 2 nitrogen and oxygen atoms in total. The van der Waals surface area contributed by atoms with Gasteiger partial charge < -0.3 is 0 Å². The maximum Gasteiger partial charge on any atom is 0.0894 e. The summed E-state index contributed by atoms with van der Waals surface area (Å²) in [4.78, 5) is 9.38. The first kappa shape index (κ1) is 22.3. The Morgan fingerprint density at radius 1 is 0.441 bits per heavy atom. The van der Waals surface area contributed by atoms with Gasteiger partial charge in [-0.15, -0.1) is 23.2 Å². The van der Waals surface area contributed by atoms with Gasteiger partial charge in [0.2, 0.25) is 0 Å². The predicted octanol–water partition coefficient (Wildman–Crippen LogP) is 8.77. The predicted molar refractivity (Wildman–Crippen MR) is 146 cm³/mol. The van der Waals surface area contributed by atoms with Crippen LogP contribution in [-0.2, 0) is 11.8 Å². The zero-order chi connectivity index (χ0) is 23.3. The van der Waals surface area contributed by atoms with Crippen LogP contribution in [-0.4, -0.2) is 9.97 Å². The smallest absolute Gasteiger partial charge is 0.0894 e. The van der Waals surface area contributed by atoms with Gasteiger partial charge in [0.15, 0.2) is 0 Å². The van der Waals surface area contributed by atoms with Crippen molar-refractivity contribution in [1.29, 1.82) is 0 Å². The average molecular weight is 481 g/mol. The molecule has 0 aliphatic rings. The monoisotopic (exact) mass is 480 g/mol. The molecule has 0 spiro atoms. The third-order valence-electron chi connectivity index (χ3n) is 5.85. The maximum absolute atomic E-state index is 5.87. The lowest BCUT2D eigenvalue weighted by Gasteiger charge is -2.07. The summed E-state index contributed by atoms with van der Waals surface area (Å²) >= 11 is 11.7. The van der Waals surface area contributed by atoms with Crippen molar-refractivity contribution < 1.29 is 0 Å². The van der Waals surface area contributed by atoms with E-state index in [4.69, 9.17) is 23.2 Å². The molecule has 0 bridgehead atoms. The molecule has 34 heavy (non-hydrogen) atoms. The van der Waals surface area contributed by atoms with Gasteiger partial charge in [0.25, 0.3) is 0 Å². The van der Waals surface area contributed by atoms with E-state index in [1.807, 2.05) is 72.8 Å². The third-order valence-corrected chi connectivity index (χ3v) is 6.43. The van der Waals surface area contributed by atoms with E-state index >= 15 is 0 Å². The van der Waals surface area contributed by atoms with Gasteiger partial charge in [0, 0.05) is 22.5 Å². The number of alkyl halides is 2. The fourth-order valence-electron chi connectivity index (χ4n) is 4.07. The largest absolute Gasteiger partial charge is 0.246 e. The number of aromatic nitrogens is 2. The van der Waals surface area contributed by atoms with Crippen molar-refractivity contribution in [2.75, 3.05) is 0 Å². The van der Waals surface area contributed by atoms with E-state index in [1.165, 1.54) is 10.8 Å². The van der Waals surface area contributed by atoms with E-state index in [0.717, 1.165) is 44.3 Å². The van der Waals surface area contributed by atoms with Crippen LogP contribution in [0.2, 0.25) is 0 Å². The Morgan fingerprint density at radius 3 is 1.29 bits per heavy atom. The zero-order valence-corrected chi connectivity index (χ0v) is 20.0. The number of hydrogen-bond acceptors (Lipinski definition) is 2. The minimum absolute atomic E-state index is 0.545. The summed E-state index contributed by atoms with van der Waals surface area (Å²) in [5.74, 6) is 1.09. The number of pyridine rings is 2. The van der Waals surface area contributed by atoms with Gasteiger partial charge in [0.05, 0.1) is 22.4 Å². The van der Waals surface area contributed by atoms with Crippen molar-refractivity contribution in [1.82, 2.24) is 9.97 Å². The van der Waals surface area contributed by atoms with Gasteiger partial charge in [-0.05, 0) is 46.2 Å². The highest BCUT2D eigenvalue weighted by atomic mass is 35.5. The van der Waals surface area contributed by atoms with Gasteiger partial charge >= 0.3 is 0 Å². The Labute approximate surface area is 208 Å². The summed E-state index contributed by atoms with van der Waals surface area (Å²) in [6.07, 6.45) is 0. The summed E-state index contributed by atoms with van der Waals surface area (Å²) in [5, 5.41) is 4.72. The molecule has 0 radical (unpaired) electrons. The molecule has 0 amide bonds.